The Balaban J connectivity index is 1.47. The van der Waals surface area contributed by atoms with Crippen LogP contribution in [-0.2, 0) is 22.7 Å². The zero-order valence-electron chi connectivity index (χ0n) is 20.9. The van der Waals surface area contributed by atoms with Gasteiger partial charge < -0.3 is 18.9 Å². The molecule has 0 N–H and O–H groups in total. The van der Waals surface area contributed by atoms with Crippen LogP contribution in [0, 0.1) is 0 Å². The van der Waals surface area contributed by atoms with Gasteiger partial charge in [0.25, 0.3) is 0 Å². The molecule has 0 unspecified atom stereocenters. The number of amides is 1. The molecule has 1 amide bonds. The van der Waals surface area contributed by atoms with E-state index in [-0.39, 0.29) is 19.7 Å². The highest BCUT2D eigenvalue weighted by Crippen LogP contribution is 2.24. The summed E-state index contributed by atoms with van der Waals surface area (Å²) in [5, 5.41) is 2.00. The number of hydrogen-bond acceptors (Lipinski definition) is 6. The number of carbonyl (C=O) groups is 2. The summed E-state index contributed by atoms with van der Waals surface area (Å²) in [4.78, 5) is 26.5. The average molecular weight is 500 g/mol. The number of methoxy groups -OCH3 is 1. The van der Waals surface area contributed by atoms with Crippen LogP contribution in [-0.4, -0.2) is 37.2 Å². The predicted octanol–water partition coefficient (Wildman–Crippen LogP) is 5.99. The molecule has 4 aromatic rings. The van der Waals surface area contributed by atoms with Crippen LogP contribution in [0.4, 0.5) is 4.79 Å². The largest absolute Gasteiger partial charge is 0.497 e. The zero-order valence-corrected chi connectivity index (χ0v) is 20.9. The molecular weight excluding hydrogens is 470 g/mol. The Morgan fingerprint density at radius 2 is 1.43 bits per heavy atom. The van der Waals surface area contributed by atoms with Gasteiger partial charge >= 0.3 is 12.1 Å². The molecule has 0 spiro atoms. The molecule has 0 radical (unpaired) electrons. The predicted molar refractivity (Wildman–Crippen MR) is 141 cm³/mol. The SMILES string of the molecule is CCOC(=O)CN(Cc1ccc2cc(OCc3ccccc3)ccc2c1)C(=O)Oc1ccc(OC)cc1. The second-order valence-electron chi connectivity index (χ2n) is 8.32. The molecular formula is C30H29NO6. The Labute approximate surface area is 216 Å². The summed E-state index contributed by atoms with van der Waals surface area (Å²) in [7, 11) is 1.56. The Morgan fingerprint density at radius 1 is 0.757 bits per heavy atom. The van der Waals surface area contributed by atoms with Crippen molar-refractivity contribution in [2.45, 2.75) is 20.1 Å². The molecule has 0 saturated heterocycles. The number of nitrogens with zero attached hydrogens (tertiary/aromatic N) is 1. The van der Waals surface area contributed by atoms with Gasteiger partial charge in [-0.25, -0.2) is 4.79 Å². The fourth-order valence-corrected chi connectivity index (χ4v) is 3.78. The molecule has 0 aliphatic carbocycles. The van der Waals surface area contributed by atoms with Crippen LogP contribution in [0.2, 0.25) is 0 Å². The quantitative estimate of drug-likeness (QED) is 0.250. The molecule has 0 bridgehead atoms. The zero-order chi connectivity index (χ0) is 26.0. The number of rotatable bonds is 10. The van der Waals surface area contributed by atoms with Gasteiger partial charge in [0.2, 0.25) is 0 Å². The minimum absolute atomic E-state index is 0.177. The maximum Gasteiger partial charge on any atom is 0.416 e. The summed E-state index contributed by atoms with van der Waals surface area (Å²) in [5.41, 5.74) is 1.95. The van der Waals surface area contributed by atoms with Crippen LogP contribution >= 0.6 is 0 Å². The van der Waals surface area contributed by atoms with Crippen molar-refractivity contribution in [1.29, 1.82) is 0 Å². The number of fused-ring (bicyclic) bond motifs is 1. The van der Waals surface area contributed by atoms with E-state index < -0.39 is 12.1 Å². The van der Waals surface area contributed by atoms with Crippen LogP contribution in [0.3, 0.4) is 0 Å². The molecule has 37 heavy (non-hydrogen) atoms. The Morgan fingerprint density at radius 3 is 2.16 bits per heavy atom. The third-order valence-electron chi connectivity index (χ3n) is 5.65. The Bertz CT molecular complexity index is 1340. The molecule has 0 aliphatic heterocycles. The lowest BCUT2D eigenvalue weighted by Gasteiger charge is -2.21. The summed E-state index contributed by atoms with van der Waals surface area (Å²) < 4.78 is 21.6. The highest BCUT2D eigenvalue weighted by atomic mass is 16.6. The van der Waals surface area contributed by atoms with Gasteiger partial charge in [-0.2, -0.15) is 0 Å². The number of hydrogen-bond donors (Lipinski definition) is 0. The topological polar surface area (TPSA) is 74.3 Å². The summed E-state index contributed by atoms with van der Waals surface area (Å²) in [6, 6.07) is 28.4. The van der Waals surface area contributed by atoms with Crippen LogP contribution in [0.1, 0.15) is 18.1 Å². The van der Waals surface area contributed by atoms with E-state index in [9.17, 15) is 9.59 Å². The van der Waals surface area contributed by atoms with Gasteiger partial charge in [-0.1, -0.05) is 48.5 Å². The summed E-state index contributed by atoms with van der Waals surface area (Å²) in [6.45, 7) is 2.39. The summed E-state index contributed by atoms with van der Waals surface area (Å²) in [5.74, 6) is 1.26. The molecule has 4 aromatic carbocycles. The maximum absolute atomic E-state index is 13.0. The van der Waals surface area contributed by atoms with E-state index in [1.807, 2.05) is 66.7 Å². The maximum atomic E-state index is 13.0. The standard InChI is InChI=1S/C30H29NO6/c1-3-35-29(32)20-31(30(33)37-27-15-13-26(34-2)14-16-27)19-23-9-10-25-18-28(12-11-24(25)17-23)36-21-22-7-5-4-6-8-22/h4-18H,3,19-21H2,1-2H3. The molecule has 0 aromatic heterocycles. The van der Waals surface area contributed by atoms with Crippen molar-refractivity contribution in [3.05, 3.63) is 102 Å². The van der Waals surface area contributed by atoms with E-state index in [1.54, 1.807) is 38.3 Å². The van der Waals surface area contributed by atoms with Crippen LogP contribution in [0.5, 0.6) is 17.2 Å². The fraction of sp³-hybridized carbons (Fsp3) is 0.200. The van der Waals surface area contributed by atoms with Gasteiger partial charge in [0.15, 0.2) is 0 Å². The van der Waals surface area contributed by atoms with Gasteiger partial charge in [0.1, 0.15) is 30.4 Å². The van der Waals surface area contributed by atoms with Gasteiger partial charge in [0.05, 0.1) is 13.7 Å². The lowest BCUT2D eigenvalue weighted by molar-refractivity contribution is -0.144. The fourth-order valence-electron chi connectivity index (χ4n) is 3.78. The van der Waals surface area contributed by atoms with Crippen LogP contribution < -0.4 is 14.2 Å². The van der Waals surface area contributed by atoms with Gasteiger partial charge in [-0.15, -0.1) is 0 Å². The molecule has 190 valence electrons. The minimum Gasteiger partial charge on any atom is -0.497 e. The summed E-state index contributed by atoms with van der Waals surface area (Å²) >= 11 is 0. The van der Waals surface area contributed by atoms with Crippen molar-refractivity contribution >= 4 is 22.8 Å². The first-order valence-electron chi connectivity index (χ1n) is 12.0. The third kappa shape index (κ3) is 7.24. The smallest absolute Gasteiger partial charge is 0.416 e. The molecule has 0 saturated carbocycles. The Kier molecular flexibility index (Phi) is 8.60. The molecule has 7 nitrogen and oxygen atoms in total. The minimum atomic E-state index is -0.650. The first-order chi connectivity index (χ1) is 18.0. The Hall–Kier alpha value is -4.52. The molecule has 0 aliphatic rings. The van der Waals surface area contributed by atoms with Crippen molar-refractivity contribution in [3.8, 4) is 17.2 Å². The second-order valence-corrected chi connectivity index (χ2v) is 8.32. The lowest BCUT2D eigenvalue weighted by Crippen LogP contribution is -2.38. The van der Waals surface area contributed by atoms with E-state index in [4.69, 9.17) is 18.9 Å². The molecule has 0 fully saturated rings. The van der Waals surface area contributed by atoms with Crippen molar-refractivity contribution in [2.24, 2.45) is 0 Å². The van der Waals surface area contributed by atoms with Crippen molar-refractivity contribution in [1.82, 2.24) is 4.90 Å². The van der Waals surface area contributed by atoms with E-state index in [0.717, 1.165) is 27.6 Å². The lowest BCUT2D eigenvalue weighted by atomic mass is 10.1. The first-order valence-corrected chi connectivity index (χ1v) is 12.0. The van der Waals surface area contributed by atoms with E-state index in [0.29, 0.717) is 18.1 Å². The molecule has 4 rings (SSSR count). The number of esters is 1. The van der Waals surface area contributed by atoms with E-state index in [1.165, 1.54) is 4.90 Å². The monoisotopic (exact) mass is 499 g/mol. The van der Waals surface area contributed by atoms with Crippen LogP contribution in [0.25, 0.3) is 10.8 Å². The van der Waals surface area contributed by atoms with Crippen molar-refractivity contribution in [2.75, 3.05) is 20.3 Å². The molecule has 0 atom stereocenters. The van der Waals surface area contributed by atoms with Crippen molar-refractivity contribution < 1.29 is 28.5 Å². The number of benzene rings is 4. The van der Waals surface area contributed by atoms with Crippen molar-refractivity contribution in [3.63, 3.8) is 0 Å². The first kappa shape index (κ1) is 25.6. The molecule has 0 heterocycles. The number of ether oxygens (including phenoxy) is 4. The van der Waals surface area contributed by atoms with Gasteiger partial charge in [-0.05, 0) is 71.3 Å². The normalized spacial score (nSPS) is 10.5. The number of carbonyl (C=O) groups excluding carboxylic acids is 2. The molecule has 7 heteroatoms. The summed E-state index contributed by atoms with van der Waals surface area (Å²) in [6.07, 6.45) is -0.650. The average Bonchev–Trinajstić information content (AvgIpc) is 2.92. The third-order valence-corrected chi connectivity index (χ3v) is 5.65. The van der Waals surface area contributed by atoms with Crippen LogP contribution in [0.15, 0.2) is 91.0 Å². The highest BCUT2D eigenvalue weighted by Gasteiger charge is 2.21. The highest BCUT2D eigenvalue weighted by molar-refractivity contribution is 5.85. The van der Waals surface area contributed by atoms with E-state index in [2.05, 4.69) is 0 Å². The van der Waals surface area contributed by atoms with Gasteiger partial charge in [0, 0.05) is 6.54 Å². The van der Waals surface area contributed by atoms with E-state index >= 15 is 0 Å². The van der Waals surface area contributed by atoms with Gasteiger partial charge in [-0.3, -0.25) is 9.69 Å². The second kappa shape index (κ2) is 12.4.